The van der Waals surface area contributed by atoms with Crippen molar-refractivity contribution in [1.29, 1.82) is 0 Å². The second kappa shape index (κ2) is 9.81. The van der Waals surface area contributed by atoms with Crippen LogP contribution >= 0.6 is 11.3 Å². The van der Waals surface area contributed by atoms with E-state index in [-0.39, 0.29) is 24.2 Å². The fourth-order valence-corrected chi connectivity index (χ4v) is 4.10. The number of carbonyl (C=O) groups excluding carboxylic acids is 1. The highest BCUT2D eigenvalue weighted by molar-refractivity contribution is 7.10. The second-order valence-electron chi connectivity index (χ2n) is 6.72. The summed E-state index contributed by atoms with van der Waals surface area (Å²) in [6.45, 7) is 2.59. The van der Waals surface area contributed by atoms with Gasteiger partial charge in [0.2, 0.25) is 0 Å². The summed E-state index contributed by atoms with van der Waals surface area (Å²) < 4.78 is 38.1. The van der Waals surface area contributed by atoms with E-state index in [9.17, 15) is 18.0 Å². The van der Waals surface area contributed by atoms with E-state index in [1.54, 1.807) is 11.3 Å². The van der Waals surface area contributed by atoms with Gasteiger partial charge in [-0.15, -0.1) is 11.3 Å². The standard InChI is InChI=1S/C21H22F3N3OS/c22-21(23,24)17-8-3-6-16(14-17)7-4-10-25-20(28)26-15-18(19-9-5-13-29-19)27-11-1-2-12-27/h3,5-6,8-9,13-14,18H,1-2,10-12,15H2,(H2,25,26,28). The van der Waals surface area contributed by atoms with Crippen LogP contribution in [0.4, 0.5) is 18.0 Å². The lowest BCUT2D eigenvalue weighted by molar-refractivity contribution is -0.137. The summed E-state index contributed by atoms with van der Waals surface area (Å²) in [6, 6.07) is 8.71. The molecule has 1 saturated heterocycles. The number of hydrogen-bond acceptors (Lipinski definition) is 3. The molecular formula is C21H22F3N3OS. The van der Waals surface area contributed by atoms with Gasteiger partial charge in [-0.25, -0.2) is 4.79 Å². The summed E-state index contributed by atoms with van der Waals surface area (Å²) in [5.41, 5.74) is -0.481. The van der Waals surface area contributed by atoms with Crippen LogP contribution in [0.25, 0.3) is 0 Å². The second-order valence-corrected chi connectivity index (χ2v) is 7.70. The van der Waals surface area contributed by atoms with Gasteiger partial charge in [0, 0.05) is 17.0 Å². The summed E-state index contributed by atoms with van der Waals surface area (Å²) in [6.07, 6.45) is -2.07. The lowest BCUT2D eigenvalue weighted by atomic mass is 10.1. The van der Waals surface area contributed by atoms with E-state index in [4.69, 9.17) is 0 Å². The van der Waals surface area contributed by atoms with Gasteiger partial charge in [0.1, 0.15) is 0 Å². The smallest absolute Gasteiger partial charge is 0.336 e. The molecule has 0 bridgehead atoms. The summed E-state index contributed by atoms with van der Waals surface area (Å²) in [5, 5.41) is 7.53. The summed E-state index contributed by atoms with van der Waals surface area (Å²) >= 11 is 1.68. The first-order chi connectivity index (χ1) is 13.9. The maximum atomic E-state index is 12.7. The number of urea groups is 1. The molecule has 1 aromatic carbocycles. The van der Waals surface area contributed by atoms with Crippen molar-refractivity contribution in [3.05, 3.63) is 57.8 Å². The maximum absolute atomic E-state index is 12.7. The number of rotatable bonds is 5. The Morgan fingerprint density at radius 3 is 2.66 bits per heavy atom. The number of halogens is 3. The molecule has 2 amide bonds. The molecule has 0 aliphatic carbocycles. The molecule has 2 aromatic rings. The van der Waals surface area contributed by atoms with Crippen molar-refractivity contribution in [3.8, 4) is 11.8 Å². The number of nitrogens with one attached hydrogen (secondary N) is 2. The average molecular weight is 421 g/mol. The Kier molecular flexibility index (Phi) is 7.18. The van der Waals surface area contributed by atoms with Gasteiger partial charge in [-0.3, -0.25) is 4.90 Å². The van der Waals surface area contributed by atoms with Gasteiger partial charge in [-0.05, 0) is 55.6 Å². The van der Waals surface area contributed by atoms with E-state index in [1.165, 1.54) is 29.9 Å². The zero-order valence-electron chi connectivity index (χ0n) is 15.8. The molecule has 1 aliphatic heterocycles. The average Bonchev–Trinajstić information content (AvgIpc) is 3.40. The largest absolute Gasteiger partial charge is 0.416 e. The minimum atomic E-state index is -4.40. The minimum Gasteiger partial charge on any atom is -0.336 e. The topological polar surface area (TPSA) is 44.4 Å². The summed E-state index contributed by atoms with van der Waals surface area (Å²) in [4.78, 5) is 15.7. The molecule has 4 nitrogen and oxygen atoms in total. The van der Waals surface area contributed by atoms with Crippen LogP contribution < -0.4 is 10.6 Å². The molecule has 1 aromatic heterocycles. The first-order valence-electron chi connectivity index (χ1n) is 9.39. The predicted octanol–water partition coefficient (Wildman–Crippen LogP) is 4.25. The number of likely N-dealkylation sites (tertiary alicyclic amines) is 1. The Bertz CT molecular complexity index is 865. The third kappa shape index (κ3) is 6.24. The van der Waals surface area contributed by atoms with Crippen molar-refractivity contribution in [2.45, 2.75) is 25.1 Å². The van der Waals surface area contributed by atoms with Gasteiger partial charge in [-0.2, -0.15) is 13.2 Å². The van der Waals surface area contributed by atoms with Crippen LogP contribution in [0.15, 0.2) is 41.8 Å². The Balaban J connectivity index is 1.48. The van der Waals surface area contributed by atoms with E-state index in [0.717, 1.165) is 25.2 Å². The molecule has 0 saturated carbocycles. The van der Waals surface area contributed by atoms with E-state index in [2.05, 4.69) is 33.4 Å². The lowest BCUT2D eigenvalue weighted by Crippen LogP contribution is -2.41. The number of amides is 2. The summed E-state index contributed by atoms with van der Waals surface area (Å²) in [5.74, 6) is 5.33. The molecule has 29 heavy (non-hydrogen) atoms. The molecular weight excluding hydrogens is 399 g/mol. The predicted molar refractivity (Wildman–Crippen MR) is 108 cm³/mol. The highest BCUT2D eigenvalue weighted by Gasteiger charge is 2.30. The fourth-order valence-electron chi connectivity index (χ4n) is 3.24. The van der Waals surface area contributed by atoms with Crippen LogP contribution in [-0.4, -0.2) is 37.1 Å². The molecule has 1 unspecified atom stereocenters. The van der Waals surface area contributed by atoms with Crippen LogP contribution in [0.3, 0.4) is 0 Å². The van der Waals surface area contributed by atoms with Crippen molar-refractivity contribution < 1.29 is 18.0 Å². The van der Waals surface area contributed by atoms with Crippen LogP contribution in [0.2, 0.25) is 0 Å². The van der Waals surface area contributed by atoms with Crippen molar-refractivity contribution >= 4 is 17.4 Å². The van der Waals surface area contributed by atoms with Crippen molar-refractivity contribution in [2.24, 2.45) is 0 Å². The van der Waals surface area contributed by atoms with E-state index >= 15 is 0 Å². The highest BCUT2D eigenvalue weighted by atomic mass is 32.1. The normalized spacial score (nSPS) is 15.4. The quantitative estimate of drug-likeness (QED) is 0.709. The number of thiophene rings is 1. The first-order valence-corrected chi connectivity index (χ1v) is 10.3. The van der Waals surface area contributed by atoms with Gasteiger partial charge in [0.15, 0.2) is 0 Å². The Hall–Kier alpha value is -2.50. The van der Waals surface area contributed by atoms with Crippen molar-refractivity contribution in [2.75, 3.05) is 26.2 Å². The van der Waals surface area contributed by atoms with E-state index in [0.29, 0.717) is 6.54 Å². The number of hydrogen-bond donors (Lipinski definition) is 2. The molecule has 1 aliphatic rings. The van der Waals surface area contributed by atoms with Gasteiger partial charge in [0.05, 0.1) is 18.2 Å². The zero-order valence-corrected chi connectivity index (χ0v) is 16.6. The molecule has 1 fully saturated rings. The third-order valence-corrected chi connectivity index (χ3v) is 5.64. The van der Waals surface area contributed by atoms with Crippen LogP contribution in [0.5, 0.6) is 0 Å². The summed E-state index contributed by atoms with van der Waals surface area (Å²) in [7, 11) is 0. The fraction of sp³-hybridized carbons (Fsp3) is 0.381. The van der Waals surface area contributed by atoms with Gasteiger partial charge in [0.25, 0.3) is 0 Å². The maximum Gasteiger partial charge on any atom is 0.416 e. The molecule has 8 heteroatoms. The van der Waals surface area contributed by atoms with Crippen LogP contribution in [-0.2, 0) is 6.18 Å². The minimum absolute atomic E-state index is 0.0511. The van der Waals surface area contributed by atoms with Gasteiger partial charge in [-0.1, -0.05) is 24.0 Å². The first kappa shape index (κ1) is 21.2. The Morgan fingerprint density at radius 1 is 1.17 bits per heavy atom. The van der Waals surface area contributed by atoms with Crippen molar-refractivity contribution in [1.82, 2.24) is 15.5 Å². The molecule has 3 rings (SSSR count). The number of alkyl halides is 3. The van der Waals surface area contributed by atoms with Crippen LogP contribution in [0.1, 0.15) is 34.9 Å². The monoisotopic (exact) mass is 421 g/mol. The zero-order chi connectivity index (χ0) is 20.7. The molecule has 154 valence electrons. The molecule has 1 atom stereocenters. The lowest BCUT2D eigenvalue weighted by Gasteiger charge is -2.26. The van der Waals surface area contributed by atoms with E-state index in [1.807, 2.05) is 11.4 Å². The third-order valence-electron chi connectivity index (χ3n) is 4.67. The Labute approximate surface area is 172 Å². The molecule has 0 radical (unpaired) electrons. The molecule has 2 heterocycles. The SMILES string of the molecule is O=C(NCC#Cc1cccc(C(F)(F)F)c1)NCC(c1cccs1)N1CCCC1. The van der Waals surface area contributed by atoms with Gasteiger partial charge < -0.3 is 10.6 Å². The number of carbonyl (C=O) groups is 1. The van der Waals surface area contributed by atoms with Crippen LogP contribution in [0, 0.1) is 11.8 Å². The highest BCUT2D eigenvalue weighted by Crippen LogP contribution is 2.29. The van der Waals surface area contributed by atoms with E-state index < -0.39 is 11.7 Å². The molecule has 0 spiro atoms. The van der Waals surface area contributed by atoms with Crippen molar-refractivity contribution in [3.63, 3.8) is 0 Å². The Morgan fingerprint density at radius 2 is 1.97 bits per heavy atom. The molecule has 2 N–H and O–H groups in total. The number of nitrogens with zero attached hydrogens (tertiary/aromatic N) is 1. The number of benzene rings is 1. The van der Waals surface area contributed by atoms with Gasteiger partial charge >= 0.3 is 12.2 Å².